The average molecular weight is 194 g/mol. The first-order valence-electron chi connectivity index (χ1n) is 5.15. The highest BCUT2D eigenvalue weighted by Gasteiger charge is 2.26. The van der Waals surface area contributed by atoms with Gasteiger partial charge in [-0.1, -0.05) is 6.92 Å². The molecule has 1 aromatic rings. The molecule has 0 bridgehead atoms. The molecule has 0 fully saturated rings. The third-order valence-corrected chi connectivity index (χ3v) is 3.06. The van der Waals surface area contributed by atoms with E-state index in [1.807, 2.05) is 18.7 Å². The molecule has 1 atom stereocenters. The van der Waals surface area contributed by atoms with Crippen molar-refractivity contribution in [1.29, 1.82) is 0 Å². The van der Waals surface area contributed by atoms with Gasteiger partial charge in [0.25, 0.3) is 0 Å². The molecular formula is C10H18N4. The number of hydrogen-bond acceptors (Lipinski definition) is 3. The van der Waals surface area contributed by atoms with Crippen molar-refractivity contribution in [2.75, 3.05) is 23.8 Å². The van der Waals surface area contributed by atoms with Crippen LogP contribution in [0.4, 0.5) is 11.5 Å². The molecule has 4 nitrogen and oxygen atoms in total. The van der Waals surface area contributed by atoms with Gasteiger partial charge in [-0.15, -0.1) is 0 Å². The fourth-order valence-electron chi connectivity index (χ4n) is 2.21. The molecule has 1 aromatic heterocycles. The van der Waals surface area contributed by atoms with Crippen LogP contribution in [0.15, 0.2) is 0 Å². The lowest BCUT2D eigenvalue weighted by Gasteiger charge is -2.34. The van der Waals surface area contributed by atoms with Crippen LogP contribution in [-0.4, -0.2) is 29.4 Å². The molecule has 1 aliphatic rings. The standard InChI is InChI=1S/C10H18N4/c1-5-8-6-11-9-7(2)12-14(4)10(9)13(8)3/h8,11H,5-6H2,1-4H3. The van der Waals surface area contributed by atoms with E-state index in [-0.39, 0.29) is 0 Å². The van der Waals surface area contributed by atoms with Gasteiger partial charge in [-0.25, -0.2) is 0 Å². The average Bonchev–Trinajstić information content (AvgIpc) is 2.44. The summed E-state index contributed by atoms with van der Waals surface area (Å²) in [6.07, 6.45) is 1.16. The predicted octanol–water partition coefficient (Wildman–Crippen LogP) is 1.37. The van der Waals surface area contributed by atoms with Crippen LogP contribution in [0, 0.1) is 6.92 Å². The lowest BCUT2D eigenvalue weighted by Crippen LogP contribution is -2.41. The van der Waals surface area contributed by atoms with Crippen molar-refractivity contribution in [2.24, 2.45) is 7.05 Å². The van der Waals surface area contributed by atoms with Gasteiger partial charge in [0.1, 0.15) is 5.69 Å². The molecule has 2 rings (SSSR count). The Hall–Kier alpha value is -1.19. The van der Waals surface area contributed by atoms with Crippen LogP contribution >= 0.6 is 0 Å². The summed E-state index contributed by atoms with van der Waals surface area (Å²) in [6, 6.07) is 0.581. The highest BCUT2D eigenvalue weighted by molar-refractivity contribution is 5.71. The first kappa shape index (κ1) is 9.37. The Balaban J connectivity index is 2.44. The number of hydrogen-bond donors (Lipinski definition) is 1. The Morgan fingerprint density at radius 2 is 2.21 bits per heavy atom. The lowest BCUT2D eigenvalue weighted by molar-refractivity contribution is 0.598. The molecule has 0 spiro atoms. The second kappa shape index (κ2) is 3.19. The van der Waals surface area contributed by atoms with E-state index >= 15 is 0 Å². The molecule has 0 aromatic carbocycles. The van der Waals surface area contributed by atoms with Crippen molar-refractivity contribution in [2.45, 2.75) is 26.3 Å². The number of aryl methyl sites for hydroxylation is 2. The summed E-state index contributed by atoms with van der Waals surface area (Å²) in [5, 5.41) is 7.88. The highest BCUT2D eigenvalue weighted by Crippen LogP contribution is 2.33. The van der Waals surface area contributed by atoms with Gasteiger partial charge in [-0.05, 0) is 13.3 Å². The fourth-order valence-corrected chi connectivity index (χ4v) is 2.21. The first-order valence-corrected chi connectivity index (χ1v) is 5.15. The van der Waals surface area contributed by atoms with E-state index in [0.717, 1.165) is 18.7 Å². The minimum absolute atomic E-state index is 0.581. The molecule has 14 heavy (non-hydrogen) atoms. The molecule has 4 heteroatoms. The molecule has 0 saturated carbocycles. The highest BCUT2D eigenvalue weighted by atomic mass is 15.4. The van der Waals surface area contributed by atoms with Crippen molar-refractivity contribution >= 4 is 11.5 Å². The molecule has 0 radical (unpaired) electrons. The topological polar surface area (TPSA) is 33.1 Å². The van der Waals surface area contributed by atoms with Crippen LogP contribution in [-0.2, 0) is 7.05 Å². The Labute approximate surface area is 84.9 Å². The van der Waals surface area contributed by atoms with Gasteiger partial charge in [0.15, 0.2) is 5.82 Å². The Bertz CT molecular complexity index is 342. The molecule has 2 heterocycles. The zero-order valence-electron chi connectivity index (χ0n) is 9.33. The number of anilines is 2. The molecule has 1 unspecified atom stereocenters. The van der Waals surface area contributed by atoms with Crippen molar-refractivity contribution in [3.8, 4) is 0 Å². The summed E-state index contributed by atoms with van der Waals surface area (Å²) in [7, 11) is 4.15. The maximum atomic E-state index is 4.42. The summed E-state index contributed by atoms with van der Waals surface area (Å²) in [5.41, 5.74) is 2.28. The van der Waals surface area contributed by atoms with Crippen molar-refractivity contribution < 1.29 is 0 Å². The lowest BCUT2D eigenvalue weighted by atomic mass is 10.1. The molecule has 0 saturated heterocycles. The Morgan fingerprint density at radius 3 is 2.86 bits per heavy atom. The van der Waals surface area contributed by atoms with Crippen LogP contribution in [0.1, 0.15) is 19.0 Å². The van der Waals surface area contributed by atoms with E-state index in [0.29, 0.717) is 6.04 Å². The second-order valence-corrected chi connectivity index (χ2v) is 3.96. The van der Waals surface area contributed by atoms with Crippen LogP contribution < -0.4 is 10.2 Å². The van der Waals surface area contributed by atoms with Gasteiger partial charge in [0.2, 0.25) is 0 Å². The summed E-state index contributed by atoms with van der Waals surface area (Å²) < 4.78 is 1.96. The van der Waals surface area contributed by atoms with Crippen molar-refractivity contribution in [1.82, 2.24) is 9.78 Å². The number of fused-ring (bicyclic) bond motifs is 1. The number of nitrogens with zero attached hydrogens (tertiary/aromatic N) is 3. The predicted molar refractivity (Wildman–Crippen MR) is 58.9 cm³/mol. The van der Waals surface area contributed by atoms with Crippen LogP contribution in [0.5, 0.6) is 0 Å². The summed E-state index contributed by atoms with van der Waals surface area (Å²) >= 11 is 0. The third-order valence-electron chi connectivity index (χ3n) is 3.06. The normalized spacial score (nSPS) is 20.6. The number of rotatable bonds is 1. The zero-order valence-corrected chi connectivity index (χ0v) is 9.33. The summed E-state index contributed by atoms with van der Waals surface area (Å²) in [6.45, 7) is 5.29. The van der Waals surface area contributed by atoms with Gasteiger partial charge >= 0.3 is 0 Å². The van der Waals surface area contributed by atoms with E-state index in [1.165, 1.54) is 11.5 Å². The van der Waals surface area contributed by atoms with Gasteiger partial charge in [0, 0.05) is 26.7 Å². The maximum absolute atomic E-state index is 4.42. The van der Waals surface area contributed by atoms with E-state index < -0.39 is 0 Å². The summed E-state index contributed by atoms with van der Waals surface area (Å²) in [5.74, 6) is 1.21. The van der Waals surface area contributed by atoms with E-state index in [4.69, 9.17) is 0 Å². The van der Waals surface area contributed by atoms with Crippen LogP contribution in [0.2, 0.25) is 0 Å². The van der Waals surface area contributed by atoms with Crippen molar-refractivity contribution in [3.05, 3.63) is 5.69 Å². The Morgan fingerprint density at radius 1 is 1.50 bits per heavy atom. The fraction of sp³-hybridized carbons (Fsp3) is 0.700. The van der Waals surface area contributed by atoms with E-state index in [2.05, 4.69) is 29.3 Å². The van der Waals surface area contributed by atoms with Gasteiger partial charge in [0.05, 0.1) is 5.69 Å². The first-order chi connectivity index (χ1) is 6.65. The van der Waals surface area contributed by atoms with E-state index in [9.17, 15) is 0 Å². The molecule has 1 N–H and O–H groups in total. The maximum Gasteiger partial charge on any atom is 0.150 e. The molecule has 1 aliphatic heterocycles. The van der Waals surface area contributed by atoms with Gasteiger partial charge in [-0.2, -0.15) is 5.10 Å². The molecule has 0 amide bonds. The van der Waals surface area contributed by atoms with E-state index in [1.54, 1.807) is 0 Å². The number of nitrogens with one attached hydrogen (secondary N) is 1. The molecule has 0 aliphatic carbocycles. The van der Waals surface area contributed by atoms with Crippen molar-refractivity contribution in [3.63, 3.8) is 0 Å². The largest absolute Gasteiger partial charge is 0.378 e. The van der Waals surface area contributed by atoms with Gasteiger partial charge < -0.3 is 10.2 Å². The molecular weight excluding hydrogens is 176 g/mol. The third kappa shape index (κ3) is 1.17. The van der Waals surface area contributed by atoms with Crippen LogP contribution in [0.25, 0.3) is 0 Å². The number of likely N-dealkylation sites (N-methyl/N-ethyl adjacent to an activating group) is 1. The smallest absolute Gasteiger partial charge is 0.150 e. The van der Waals surface area contributed by atoms with Crippen LogP contribution in [0.3, 0.4) is 0 Å². The SMILES string of the molecule is CCC1CNc2c(C)nn(C)c2N1C. The number of aromatic nitrogens is 2. The second-order valence-electron chi connectivity index (χ2n) is 3.96. The minimum Gasteiger partial charge on any atom is -0.378 e. The zero-order chi connectivity index (χ0) is 10.3. The quantitative estimate of drug-likeness (QED) is 0.733. The molecule has 78 valence electrons. The minimum atomic E-state index is 0.581. The summed E-state index contributed by atoms with van der Waals surface area (Å²) in [4.78, 5) is 2.33. The Kier molecular flexibility index (Phi) is 2.13. The monoisotopic (exact) mass is 194 g/mol. The van der Waals surface area contributed by atoms with Gasteiger partial charge in [-0.3, -0.25) is 4.68 Å².